The average molecular weight is 333 g/mol. The lowest BCUT2D eigenvalue weighted by atomic mass is 9.97. The van der Waals surface area contributed by atoms with Gasteiger partial charge in [0.05, 0.1) is 12.0 Å². The second-order valence-corrected chi connectivity index (χ2v) is 6.38. The van der Waals surface area contributed by atoms with E-state index in [4.69, 9.17) is 4.42 Å². The summed E-state index contributed by atoms with van der Waals surface area (Å²) in [6, 6.07) is 9.89. The lowest BCUT2D eigenvalue weighted by Crippen LogP contribution is -2.28. The Hall–Kier alpha value is -2.95. The van der Waals surface area contributed by atoms with Crippen LogP contribution in [0.5, 0.6) is 0 Å². The van der Waals surface area contributed by atoms with Crippen molar-refractivity contribution in [1.29, 1.82) is 0 Å². The molecule has 0 radical (unpaired) electrons. The number of hydrogen-bond acceptors (Lipinski definition) is 4. The summed E-state index contributed by atoms with van der Waals surface area (Å²) in [5.74, 6) is 0.754. The van der Waals surface area contributed by atoms with Crippen molar-refractivity contribution in [2.45, 2.75) is 19.3 Å². The van der Waals surface area contributed by atoms with Gasteiger partial charge in [-0.25, -0.2) is 0 Å². The number of aryl methyl sites for hydroxylation is 1. The fraction of sp³-hybridized carbons (Fsp3) is 0.250. The lowest BCUT2D eigenvalue weighted by Gasteiger charge is -2.16. The van der Waals surface area contributed by atoms with Crippen LogP contribution in [-0.4, -0.2) is 33.9 Å². The van der Waals surface area contributed by atoms with E-state index in [1.54, 1.807) is 18.7 Å². The number of aromatic nitrogens is 2. The summed E-state index contributed by atoms with van der Waals surface area (Å²) >= 11 is 0. The van der Waals surface area contributed by atoms with Gasteiger partial charge in [0, 0.05) is 48.7 Å². The standard InChI is InChI=1S/C20H19N3O2/c1-14-6-11-25-19(14)20(24)23-10-5-17(13-23)16-4-9-22-18(12-16)15-2-7-21-8-3-15/h2-4,6-9,11-12,17H,5,10,13H2,1H3/t17-/m0/s1. The van der Waals surface area contributed by atoms with Crippen molar-refractivity contribution in [1.82, 2.24) is 14.9 Å². The maximum absolute atomic E-state index is 12.6. The molecule has 0 N–H and O–H groups in total. The largest absolute Gasteiger partial charge is 0.459 e. The van der Waals surface area contributed by atoms with Gasteiger partial charge in [0.25, 0.3) is 5.91 Å². The first-order chi connectivity index (χ1) is 12.2. The number of amides is 1. The van der Waals surface area contributed by atoms with Crippen molar-refractivity contribution in [3.63, 3.8) is 0 Å². The zero-order chi connectivity index (χ0) is 17.2. The van der Waals surface area contributed by atoms with Gasteiger partial charge in [-0.05, 0) is 49.2 Å². The molecule has 0 spiro atoms. The van der Waals surface area contributed by atoms with Crippen LogP contribution < -0.4 is 0 Å². The number of pyridine rings is 2. The highest BCUT2D eigenvalue weighted by atomic mass is 16.3. The molecular formula is C20H19N3O2. The Balaban J connectivity index is 1.52. The first-order valence-electron chi connectivity index (χ1n) is 8.42. The van der Waals surface area contributed by atoms with Gasteiger partial charge in [-0.1, -0.05) is 0 Å². The molecule has 3 aromatic rings. The van der Waals surface area contributed by atoms with E-state index < -0.39 is 0 Å². The maximum atomic E-state index is 12.6. The number of carbonyl (C=O) groups is 1. The molecule has 1 aliphatic heterocycles. The number of carbonyl (C=O) groups excluding carboxylic acids is 1. The predicted molar refractivity (Wildman–Crippen MR) is 94.2 cm³/mol. The summed E-state index contributed by atoms with van der Waals surface area (Å²) < 4.78 is 5.35. The SMILES string of the molecule is Cc1ccoc1C(=O)N1CC[C@H](c2ccnc(-c3ccncc3)c2)C1. The van der Waals surface area contributed by atoms with Crippen LogP contribution in [0.2, 0.25) is 0 Å². The summed E-state index contributed by atoms with van der Waals surface area (Å²) in [5.41, 5.74) is 4.09. The zero-order valence-corrected chi connectivity index (χ0v) is 14.1. The van der Waals surface area contributed by atoms with Gasteiger partial charge >= 0.3 is 0 Å². The molecule has 1 fully saturated rings. The number of hydrogen-bond donors (Lipinski definition) is 0. The van der Waals surface area contributed by atoms with E-state index in [0.29, 0.717) is 18.2 Å². The third-order valence-corrected chi connectivity index (χ3v) is 4.76. The van der Waals surface area contributed by atoms with Gasteiger partial charge in [0.2, 0.25) is 0 Å². The number of likely N-dealkylation sites (tertiary alicyclic amines) is 1. The number of rotatable bonds is 3. The van der Waals surface area contributed by atoms with E-state index in [2.05, 4.69) is 16.0 Å². The molecule has 1 amide bonds. The van der Waals surface area contributed by atoms with Crippen LogP contribution >= 0.6 is 0 Å². The highest BCUT2D eigenvalue weighted by Crippen LogP contribution is 2.30. The van der Waals surface area contributed by atoms with E-state index >= 15 is 0 Å². The normalized spacial score (nSPS) is 17.0. The fourth-order valence-electron chi connectivity index (χ4n) is 3.33. The molecule has 126 valence electrons. The summed E-state index contributed by atoms with van der Waals surface area (Å²) in [7, 11) is 0. The van der Waals surface area contributed by atoms with E-state index in [0.717, 1.165) is 29.8 Å². The van der Waals surface area contributed by atoms with Gasteiger partial charge in [-0.3, -0.25) is 14.8 Å². The van der Waals surface area contributed by atoms with Crippen molar-refractivity contribution < 1.29 is 9.21 Å². The molecule has 1 atom stereocenters. The monoisotopic (exact) mass is 333 g/mol. The smallest absolute Gasteiger partial charge is 0.289 e. The first-order valence-corrected chi connectivity index (χ1v) is 8.42. The molecule has 0 aromatic carbocycles. The Morgan fingerprint density at radius 2 is 2.04 bits per heavy atom. The lowest BCUT2D eigenvalue weighted by molar-refractivity contribution is 0.0758. The number of nitrogens with zero attached hydrogens (tertiary/aromatic N) is 3. The summed E-state index contributed by atoms with van der Waals surface area (Å²) in [6.45, 7) is 3.35. The average Bonchev–Trinajstić information content (AvgIpc) is 3.31. The van der Waals surface area contributed by atoms with Gasteiger partial charge in [0.15, 0.2) is 5.76 Å². The van der Waals surface area contributed by atoms with Gasteiger partial charge in [0.1, 0.15) is 0 Å². The second-order valence-electron chi connectivity index (χ2n) is 6.38. The maximum Gasteiger partial charge on any atom is 0.289 e. The van der Waals surface area contributed by atoms with Crippen LogP contribution in [0, 0.1) is 6.92 Å². The van der Waals surface area contributed by atoms with Crippen molar-refractivity contribution >= 4 is 5.91 Å². The van der Waals surface area contributed by atoms with Crippen molar-refractivity contribution in [2.75, 3.05) is 13.1 Å². The molecule has 5 nitrogen and oxygen atoms in total. The van der Waals surface area contributed by atoms with Crippen LogP contribution in [0.3, 0.4) is 0 Å². The Kier molecular flexibility index (Phi) is 4.06. The Morgan fingerprint density at radius 1 is 1.20 bits per heavy atom. The molecule has 4 rings (SSSR count). The summed E-state index contributed by atoms with van der Waals surface area (Å²) in [6.07, 6.45) is 7.90. The first kappa shape index (κ1) is 15.6. The fourth-order valence-corrected chi connectivity index (χ4v) is 3.33. The van der Waals surface area contributed by atoms with Crippen LogP contribution in [0.4, 0.5) is 0 Å². The van der Waals surface area contributed by atoms with E-state index in [1.165, 1.54) is 5.56 Å². The molecule has 5 heteroatoms. The highest BCUT2D eigenvalue weighted by Gasteiger charge is 2.30. The minimum atomic E-state index is -0.0200. The van der Waals surface area contributed by atoms with Gasteiger partial charge in [-0.2, -0.15) is 0 Å². The minimum absolute atomic E-state index is 0.0200. The van der Waals surface area contributed by atoms with Crippen molar-refractivity contribution in [3.05, 3.63) is 72.1 Å². The Bertz CT molecular complexity index is 889. The molecule has 0 bridgehead atoms. The molecule has 0 saturated carbocycles. The third-order valence-electron chi connectivity index (χ3n) is 4.76. The van der Waals surface area contributed by atoms with Gasteiger partial charge < -0.3 is 9.32 Å². The predicted octanol–water partition coefficient (Wildman–Crippen LogP) is 3.67. The third kappa shape index (κ3) is 3.05. The molecular weight excluding hydrogens is 314 g/mol. The topological polar surface area (TPSA) is 59.2 Å². The van der Waals surface area contributed by atoms with Gasteiger partial charge in [-0.15, -0.1) is 0 Å². The molecule has 4 heterocycles. The van der Waals surface area contributed by atoms with Crippen LogP contribution in [0.15, 0.2) is 59.6 Å². The zero-order valence-electron chi connectivity index (χ0n) is 14.1. The van der Waals surface area contributed by atoms with E-state index in [9.17, 15) is 4.79 Å². The Morgan fingerprint density at radius 3 is 2.80 bits per heavy atom. The highest BCUT2D eigenvalue weighted by molar-refractivity contribution is 5.93. The molecule has 0 unspecified atom stereocenters. The minimum Gasteiger partial charge on any atom is -0.459 e. The molecule has 25 heavy (non-hydrogen) atoms. The van der Waals surface area contributed by atoms with Crippen LogP contribution in [-0.2, 0) is 0 Å². The van der Waals surface area contributed by atoms with E-state index in [-0.39, 0.29) is 5.91 Å². The number of furan rings is 1. The Labute approximate surface area is 146 Å². The summed E-state index contributed by atoms with van der Waals surface area (Å²) in [4.78, 5) is 23.0. The van der Waals surface area contributed by atoms with Crippen LogP contribution in [0.25, 0.3) is 11.3 Å². The van der Waals surface area contributed by atoms with E-state index in [1.807, 2.05) is 42.3 Å². The second kappa shape index (κ2) is 6.51. The molecule has 0 aliphatic carbocycles. The van der Waals surface area contributed by atoms with Crippen molar-refractivity contribution in [3.8, 4) is 11.3 Å². The molecule has 3 aromatic heterocycles. The molecule has 1 aliphatic rings. The van der Waals surface area contributed by atoms with Crippen molar-refractivity contribution in [2.24, 2.45) is 0 Å². The summed E-state index contributed by atoms with van der Waals surface area (Å²) in [5, 5.41) is 0. The quantitative estimate of drug-likeness (QED) is 0.734. The van der Waals surface area contributed by atoms with Crippen LogP contribution in [0.1, 0.15) is 34.0 Å². The molecule has 1 saturated heterocycles.